The van der Waals surface area contributed by atoms with Crippen LogP contribution in [0.1, 0.15) is 102 Å². The molecule has 1 saturated heterocycles. The van der Waals surface area contributed by atoms with Crippen molar-refractivity contribution in [3.05, 3.63) is 71.9 Å². The maximum absolute atomic E-state index is 14.6. The summed E-state index contributed by atoms with van der Waals surface area (Å²) in [5, 5.41) is 24.9. The number of aliphatic carboxylic acids is 1. The monoisotopic (exact) mass is 928 g/mol. The number of hydrogen-bond acceptors (Lipinski definition) is 9. The summed E-state index contributed by atoms with van der Waals surface area (Å²) in [7, 11) is 0. The number of aromatic nitrogens is 1. The van der Waals surface area contributed by atoms with Gasteiger partial charge in [0.05, 0.1) is 0 Å². The third-order valence-electron chi connectivity index (χ3n) is 12.6. The lowest BCUT2D eigenvalue weighted by Gasteiger charge is -2.32. The van der Waals surface area contributed by atoms with Crippen molar-refractivity contribution in [3.63, 3.8) is 0 Å². The standard InChI is InChI=1S/C48H69N11O8/c1-30(60)54-38(26-31-14-4-2-5-15-31)42(61)55-36(20-10-11-23-49)46(65)59-25-13-22-41(59)45(64)58-39(27-32-16-6-3-7-17-32)43(62)57-40(28-33-29-53-35-19-9-8-18-34(33)35)44(63)56-37(47(66)67)21-12-24-52-48(50)51/h2,4-5,8-9,14-15,18-19,29,32,36-41,53H,3,6-7,10-13,16-17,20-28,49H2,1H3,(H,54,60)(H,55,61)(H,56,63)(H,57,62)(H,58,64)(H,66,67)(H4,50,51,52)/t36-,37-,38-,39+,40-,41-/m0/s1. The van der Waals surface area contributed by atoms with E-state index in [4.69, 9.17) is 17.2 Å². The van der Waals surface area contributed by atoms with Gasteiger partial charge in [-0.25, -0.2) is 4.79 Å². The first-order valence-electron chi connectivity index (χ1n) is 23.6. The van der Waals surface area contributed by atoms with E-state index in [0.717, 1.165) is 48.6 Å². The van der Waals surface area contributed by atoms with Crippen molar-refractivity contribution in [2.75, 3.05) is 19.6 Å². The maximum atomic E-state index is 14.6. The van der Waals surface area contributed by atoms with E-state index in [9.17, 15) is 38.7 Å². The van der Waals surface area contributed by atoms with Gasteiger partial charge in [0.25, 0.3) is 0 Å². The number of benzene rings is 2. The Morgan fingerprint density at radius 3 is 2.06 bits per heavy atom. The molecule has 2 fully saturated rings. The highest BCUT2D eigenvalue weighted by molar-refractivity contribution is 5.97. The average Bonchev–Trinajstić information content (AvgIpc) is 3.97. The van der Waals surface area contributed by atoms with Gasteiger partial charge in [0, 0.05) is 50.0 Å². The molecular weight excluding hydrogens is 859 g/mol. The van der Waals surface area contributed by atoms with Gasteiger partial charge in [0.2, 0.25) is 35.4 Å². The number of carboxylic acid groups (broad SMARTS) is 1. The van der Waals surface area contributed by atoms with Crippen molar-refractivity contribution in [3.8, 4) is 0 Å². The molecule has 2 heterocycles. The highest BCUT2D eigenvalue weighted by Gasteiger charge is 2.40. The quantitative estimate of drug-likeness (QED) is 0.0331. The molecule has 0 radical (unpaired) electrons. The van der Waals surface area contributed by atoms with Crippen LogP contribution in [0, 0.1) is 5.92 Å². The van der Waals surface area contributed by atoms with Crippen LogP contribution >= 0.6 is 0 Å². The molecule has 19 heteroatoms. The van der Waals surface area contributed by atoms with Crippen molar-refractivity contribution < 1.29 is 38.7 Å². The Morgan fingerprint density at radius 1 is 0.731 bits per heavy atom. The summed E-state index contributed by atoms with van der Waals surface area (Å²) in [6, 6.07) is 10.1. The van der Waals surface area contributed by atoms with E-state index >= 15 is 0 Å². The molecule has 6 amide bonds. The van der Waals surface area contributed by atoms with Crippen LogP contribution in [0.5, 0.6) is 0 Å². The molecule has 6 atom stereocenters. The summed E-state index contributed by atoms with van der Waals surface area (Å²) >= 11 is 0. The van der Waals surface area contributed by atoms with Gasteiger partial charge in [-0.3, -0.25) is 33.8 Å². The summed E-state index contributed by atoms with van der Waals surface area (Å²) in [5.74, 6) is -4.61. The maximum Gasteiger partial charge on any atom is 0.326 e. The number of guanidine groups is 1. The molecule has 2 aromatic carbocycles. The van der Waals surface area contributed by atoms with Gasteiger partial charge in [-0.15, -0.1) is 0 Å². The number of carboxylic acids is 1. The molecule has 0 unspecified atom stereocenters. The first kappa shape index (κ1) is 51.5. The minimum absolute atomic E-state index is 0.00231. The molecule has 2 aliphatic rings. The second-order valence-electron chi connectivity index (χ2n) is 17.8. The number of aromatic amines is 1. The molecule has 0 bridgehead atoms. The third-order valence-corrected chi connectivity index (χ3v) is 12.6. The van der Waals surface area contributed by atoms with E-state index in [1.165, 1.54) is 11.8 Å². The van der Waals surface area contributed by atoms with Gasteiger partial charge in [0.15, 0.2) is 5.96 Å². The summed E-state index contributed by atoms with van der Waals surface area (Å²) in [6.07, 6.45) is 9.36. The Bertz CT molecular complexity index is 2170. The lowest BCUT2D eigenvalue weighted by Crippen LogP contribution is -2.59. The van der Waals surface area contributed by atoms with Gasteiger partial charge in [-0.05, 0) is 81.0 Å². The first-order valence-corrected chi connectivity index (χ1v) is 23.6. The molecule has 0 spiro atoms. The van der Waals surface area contributed by atoms with Gasteiger partial charge < -0.3 is 58.8 Å². The molecule has 19 nitrogen and oxygen atoms in total. The predicted octanol–water partition coefficient (Wildman–Crippen LogP) is 1.63. The number of aliphatic imine (C=N–C) groups is 1. The Labute approximate surface area is 391 Å². The topological polar surface area (TPSA) is 309 Å². The van der Waals surface area contributed by atoms with E-state index in [-0.39, 0.29) is 63.5 Å². The molecule has 5 rings (SSSR count). The SMILES string of the molecule is CC(=O)N[C@@H](Cc1ccccc1)C(=O)N[C@@H](CCCCN)C(=O)N1CCC[C@H]1C(=O)N[C@H](CC1CCCCC1)C(=O)N[C@@H](Cc1c[nH]c2ccccc12)C(=O)N[C@@H](CCCN=C(N)N)C(=O)O. The lowest BCUT2D eigenvalue weighted by atomic mass is 9.84. The summed E-state index contributed by atoms with van der Waals surface area (Å²) in [4.78, 5) is 105. The number of amides is 6. The summed E-state index contributed by atoms with van der Waals surface area (Å²) < 4.78 is 0. The van der Waals surface area contributed by atoms with Gasteiger partial charge in [-0.1, -0.05) is 80.6 Å². The van der Waals surface area contributed by atoms with E-state index in [2.05, 4.69) is 36.6 Å². The Hall–Kier alpha value is -6.50. The second-order valence-corrected chi connectivity index (χ2v) is 17.8. The largest absolute Gasteiger partial charge is 0.480 e. The fourth-order valence-corrected chi connectivity index (χ4v) is 9.12. The van der Waals surface area contributed by atoms with Crippen molar-refractivity contribution in [1.82, 2.24) is 36.5 Å². The molecule has 67 heavy (non-hydrogen) atoms. The van der Waals surface area contributed by atoms with Crippen LogP contribution in [0.25, 0.3) is 10.9 Å². The van der Waals surface area contributed by atoms with Crippen molar-refractivity contribution >= 4 is 58.3 Å². The first-order chi connectivity index (χ1) is 32.2. The average molecular weight is 928 g/mol. The third kappa shape index (κ3) is 15.8. The van der Waals surface area contributed by atoms with Crippen LogP contribution in [0.4, 0.5) is 0 Å². The van der Waals surface area contributed by atoms with Crippen molar-refractivity contribution in [2.24, 2.45) is 28.1 Å². The number of nitrogens with one attached hydrogen (secondary N) is 6. The smallest absolute Gasteiger partial charge is 0.326 e. The second kappa shape index (κ2) is 26.0. The van der Waals surface area contributed by atoms with Crippen molar-refractivity contribution in [1.29, 1.82) is 0 Å². The Morgan fingerprint density at radius 2 is 1.37 bits per heavy atom. The van der Waals surface area contributed by atoms with Crippen LogP contribution in [0.2, 0.25) is 0 Å². The number of carbonyl (C=O) groups excluding carboxylic acids is 6. The highest BCUT2D eigenvalue weighted by atomic mass is 16.4. The number of nitrogens with zero attached hydrogens (tertiary/aromatic N) is 2. The molecule has 1 aliphatic heterocycles. The number of para-hydroxylation sites is 1. The number of hydrogen-bond donors (Lipinski definition) is 10. The number of fused-ring (bicyclic) bond motifs is 1. The normalized spacial score (nSPS) is 17.3. The van der Waals surface area contributed by atoms with E-state index in [1.807, 2.05) is 54.6 Å². The number of nitrogens with two attached hydrogens (primary N) is 3. The van der Waals surface area contributed by atoms with Gasteiger partial charge in [-0.2, -0.15) is 0 Å². The van der Waals surface area contributed by atoms with E-state index in [0.29, 0.717) is 37.8 Å². The van der Waals surface area contributed by atoms with Crippen LogP contribution < -0.4 is 43.8 Å². The minimum Gasteiger partial charge on any atom is -0.480 e. The highest BCUT2D eigenvalue weighted by Crippen LogP contribution is 2.28. The Kier molecular flexibility index (Phi) is 20.0. The molecular formula is C48H69N11O8. The fourth-order valence-electron chi connectivity index (χ4n) is 9.12. The van der Waals surface area contributed by atoms with Crippen LogP contribution in [-0.2, 0) is 46.4 Å². The van der Waals surface area contributed by atoms with Gasteiger partial charge in [0.1, 0.15) is 36.3 Å². The lowest BCUT2D eigenvalue weighted by molar-refractivity contribution is -0.143. The van der Waals surface area contributed by atoms with E-state index < -0.39 is 77.7 Å². The van der Waals surface area contributed by atoms with E-state index in [1.54, 1.807) is 6.20 Å². The molecule has 13 N–H and O–H groups in total. The summed E-state index contributed by atoms with van der Waals surface area (Å²) in [5.41, 5.74) is 19.0. The van der Waals surface area contributed by atoms with Crippen LogP contribution in [-0.4, -0.2) is 118 Å². The molecule has 364 valence electrons. The predicted molar refractivity (Wildman–Crippen MR) is 254 cm³/mol. The summed E-state index contributed by atoms with van der Waals surface area (Å²) in [6.45, 7) is 2.09. The zero-order chi connectivity index (χ0) is 48.3. The number of H-pyrrole nitrogens is 1. The number of carbonyl (C=O) groups is 7. The number of likely N-dealkylation sites (tertiary alicyclic amines) is 1. The zero-order valence-electron chi connectivity index (χ0n) is 38.5. The fraction of sp³-hybridized carbons (Fsp3) is 0.542. The number of rotatable bonds is 25. The Balaban J connectivity index is 1.36. The molecule has 1 saturated carbocycles. The minimum atomic E-state index is -1.31. The zero-order valence-corrected chi connectivity index (χ0v) is 38.5. The number of unbranched alkanes of at least 4 members (excludes halogenated alkanes) is 1. The van der Waals surface area contributed by atoms with Gasteiger partial charge >= 0.3 is 5.97 Å². The van der Waals surface area contributed by atoms with Crippen LogP contribution in [0.15, 0.2) is 65.8 Å². The molecule has 1 aromatic heterocycles. The van der Waals surface area contributed by atoms with Crippen molar-refractivity contribution in [2.45, 2.75) is 139 Å². The molecule has 1 aliphatic carbocycles. The molecule has 3 aromatic rings. The van der Waals surface area contributed by atoms with Crippen LogP contribution in [0.3, 0.4) is 0 Å².